The maximum absolute atomic E-state index is 5.57. The van der Waals surface area contributed by atoms with Crippen molar-refractivity contribution in [2.24, 2.45) is 11.7 Å². The Labute approximate surface area is 101 Å². The molecule has 90 valence electrons. The van der Waals surface area contributed by atoms with E-state index >= 15 is 0 Å². The Bertz CT molecular complexity index is 472. The highest BCUT2D eigenvalue weighted by molar-refractivity contribution is 5.54. The van der Waals surface area contributed by atoms with Gasteiger partial charge in [0, 0.05) is 18.7 Å². The topological polar surface area (TPSA) is 69.6 Å². The lowest BCUT2D eigenvalue weighted by atomic mass is 10.1. The van der Waals surface area contributed by atoms with Gasteiger partial charge in [0.25, 0.3) is 0 Å². The summed E-state index contributed by atoms with van der Waals surface area (Å²) in [7, 11) is 0. The second kappa shape index (κ2) is 5.05. The molecule has 0 aliphatic carbocycles. The van der Waals surface area contributed by atoms with Crippen LogP contribution in [0.3, 0.4) is 0 Å². The van der Waals surface area contributed by atoms with E-state index in [2.05, 4.69) is 29.4 Å². The highest BCUT2D eigenvalue weighted by atomic mass is 15.5. The molecule has 1 heterocycles. The van der Waals surface area contributed by atoms with E-state index in [0.717, 1.165) is 23.5 Å². The standard InChI is InChI=1S/C12H17N5/c1-9(2)8-17-12(14-15-16-17)11-5-3-10(7-13)4-6-11/h3-6,9H,7-8,13H2,1-2H3. The van der Waals surface area contributed by atoms with Crippen molar-refractivity contribution in [2.75, 3.05) is 0 Å². The number of aromatic nitrogens is 4. The molecule has 1 aromatic heterocycles. The predicted molar refractivity (Wildman–Crippen MR) is 66.0 cm³/mol. The fourth-order valence-corrected chi connectivity index (χ4v) is 1.67. The van der Waals surface area contributed by atoms with E-state index in [4.69, 9.17) is 5.73 Å². The fraction of sp³-hybridized carbons (Fsp3) is 0.417. The quantitative estimate of drug-likeness (QED) is 0.864. The van der Waals surface area contributed by atoms with Gasteiger partial charge < -0.3 is 5.73 Å². The molecule has 0 aliphatic rings. The zero-order valence-corrected chi connectivity index (χ0v) is 10.2. The minimum atomic E-state index is 0.514. The second-order valence-electron chi connectivity index (χ2n) is 4.48. The van der Waals surface area contributed by atoms with Crippen molar-refractivity contribution in [1.82, 2.24) is 20.2 Å². The number of hydrogen-bond donors (Lipinski definition) is 1. The van der Waals surface area contributed by atoms with Crippen LogP contribution in [0.5, 0.6) is 0 Å². The summed E-state index contributed by atoms with van der Waals surface area (Å²) >= 11 is 0. The zero-order valence-electron chi connectivity index (χ0n) is 10.2. The number of tetrazole rings is 1. The molecular weight excluding hydrogens is 214 g/mol. The molecule has 2 N–H and O–H groups in total. The molecule has 1 aromatic carbocycles. The van der Waals surface area contributed by atoms with Crippen molar-refractivity contribution in [1.29, 1.82) is 0 Å². The highest BCUT2D eigenvalue weighted by Gasteiger charge is 2.09. The van der Waals surface area contributed by atoms with Crippen LogP contribution >= 0.6 is 0 Å². The summed E-state index contributed by atoms with van der Waals surface area (Å²) in [5.41, 5.74) is 7.70. The average molecular weight is 231 g/mol. The third kappa shape index (κ3) is 2.68. The van der Waals surface area contributed by atoms with Crippen LogP contribution in [0.25, 0.3) is 11.4 Å². The van der Waals surface area contributed by atoms with E-state index in [1.807, 2.05) is 28.9 Å². The molecule has 0 fully saturated rings. The van der Waals surface area contributed by atoms with Crippen molar-refractivity contribution in [3.05, 3.63) is 29.8 Å². The Balaban J connectivity index is 2.29. The van der Waals surface area contributed by atoms with Crippen LogP contribution in [-0.4, -0.2) is 20.2 Å². The van der Waals surface area contributed by atoms with Gasteiger partial charge in [-0.25, -0.2) is 4.68 Å². The molecular formula is C12H17N5. The fourth-order valence-electron chi connectivity index (χ4n) is 1.67. The third-order valence-corrected chi connectivity index (χ3v) is 2.52. The van der Waals surface area contributed by atoms with Gasteiger partial charge in [-0.3, -0.25) is 0 Å². The molecule has 0 saturated carbocycles. The van der Waals surface area contributed by atoms with E-state index in [-0.39, 0.29) is 0 Å². The van der Waals surface area contributed by atoms with Gasteiger partial charge in [0.15, 0.2) is 5.82 Å². The SMILES string of the molecule is CC(C)Cn1nnnc1-c1ccc(CN)cc1. The van der Waals surface area contributed by atoms with E-state index in [0.29, 0.717) is 12.5 Å². The number of nitrogens with zero attached hydrogens (tertiary/aromatic N) is 4. The van der Waals surface area contributed by atoms with Crippen LogP contribution in [0.15, 0.2) is 24.3 Å². The smallest absolute Gasteiger partial charge is 0.182 e. The van der Waals surface area contributed by atoms with Crippen LogP contribution in [0.1, 0.15) is 19.4 Å². The molecule has 0 saturated heterocycles. The maximum Gasteiger partial charge on any atom is 0.182 e. The largest absolute Gasteiger partial charge is 0.326 e. The number of rotatable bonds is 4. The molecule has 17 heavy (non-hydrogen) atoms. The van der Waals surface area contributed by atoms with Gasteiger partial charge in [0.2, 0.25) is 0 Å². The minimum absolute atomic E-state index is 0.514. The van der Waals surface area contributed by atoms with Crippen LogP contribution in [0, 0.1) is 5.92 Å². The van der Waals surface area contributed by atoms with Crippen molar-refractivity contribution in [2.45, 2.75) is 26.9 Å². The van der Waals surface area contributed by atoms with Crippen LogP contribution < -0.4 is 5.73 Å². The maximum atomic E-state index is 5.57. The summed E-state index contributed by atoms with van der Waals surface area (Å²) in [6, 6.07) is 8.02. The Morgan fingerprint density at radius 1 is 1.24 bits per heavy atom. The van der Waals surface area contributed by atoms with E-state index in [1.54, 1.807) is 0 Å². The number of hydrogen-bond acceptors (Lipinski definition) is 4. The van der Waals surface area contributed by atoms with Crippen LogP contribution in [0.2, 0.25) is 0 Å². The van der Waals surface area contributed by atoms with Gasteiger partial charge in [-0.2, -0.15) is 0 Å². The minimum Gasteiger partial charge on any atom is -0.326 e. The lowest BCUT2D eigenvalue weighted by molar-refractivity contribution is 0.475. The first kappa shape index (κ1) is 11.7. The van der Waals surface area contributed by atoms with Crippen LogP contribution in [-0.2, 0) is 13.1 Å². The normalized spacial score (nSPS) is 11.1. The summed E-state index contributed by atoms with van der Waals surface area (Å²) in [6.45, 7) is 5.66. The van der Waals surface area contributed by atoms with Gasteiger partial charge in [-0.1, -0.05) is 38.1 Å². The first-order valence-electron chi connectivity index (χ1n) is 5.76. The molecule has 5 nitrogen and oxygen atoms in total. The molecule has 0 aliphatic heterocycles. The summed E-state index contributed by atoms with van der Waals surface area (Å²) in [5, 5.41) is 11.8. The molecule has 0 unspecified atom stereocenters. The summed E-state index contributed by atoms with van der Waals surface area (Å²) in [4.78, 5) is 0. The van der Waals surface area contributed by atoms with Gasteiger partial charge in [0.1, 0.15) is 0 Å². The van der Waals surface area contributed by atoms with E-state index in [9.17, 15) is 0 Å². The highest BCUT2D eigenvalue weighted by Crippen LogP contribution is 2.17. The Morgan fingerprint density at radius 2 is 1.94 bits per heavy atom. The lowest BCUT2D eigenvalue weighted by Crippen LogP contribution is -2.08. The Kier molecular flexibility index (Phi) is 3.49. The molecule has 0 amide bonds. The number of benzene rings is 1. The van der Waals surface area contributed by atoms with Gasteiger partial charge in [-0.15, -0.1) is 5.10 Å². The summed E-state index contributed by atoms with van der Waals surface area (Å²) < 4.78 is 1.84. The van der Waals surface area contributed by atoms with Crippen molar-refractivity contribution in [3.63, 3.8) is 0 Å². The lowest BCUT2D eigenvalue weighted by Gasteiger charge is -2.07. The van der Waals surface area contributed by atoms with Gasteiger partial charge in [-0.05, 0) is 21.9 Å². The first-order valence-corrected chi connectivity index (χ1v) is 5.76. The summed E-state index contributed by atoms with van der Waals surface area (Å²) in [5.74, 6) is 1.32. The predicted octanol–water partition coefficient (Wildman–Crippen LogP) is 1.45. The van der Waals surface area contributed by atoms with Crippen LogP contribution in [0.4, 0.5) is 0 Å². The zero-order chi connectivity index (χ0) is 12.3. The molecule has 0 spiro atoms. The summed E-state index contributed by atoms with van der Waals surface area (Å²) in [6.07, 6.45) is 0. The van der Waals surface area contributed by atoms with Crippen molar-refractivity contribution >= 4 is 0 Å². The molecule has 0 bridgehead atoms. The van der Waals surface area contributed by atoms with Gasteiger partial charge >= 0.3 is 0 Å². The first-order chi connectivity index (χ1) is 8.20. The molecule has 2 rings (SSSR count). The van der Waals surface area contributed by atoms with Crippen molar-refractivity contribution < 1.29 is 0 Å². The second-order valence-corrected chi connectivity index (χ2v) is 4.48. The van der Waals surface area contributed by atoms with Crippen molar-refractivity contribution in [3.8, 4) is 11.4 Å². The third-order valence-electron chi connectivity index (χ3n) is 2.52. The Morgan fingerprint density at radius 3 is 2.53 bits per heavy atom. The monoisotopic (exact) mass is 231 g/mol. The molecule has 0 radical (unpaired) electrons. The molecule has 5 heteroatoms. The Hall–Kier alpha value is -1.75. The number of nitrogens with two attached hydrogens (primary N) is 1. The average Bonchev–Trinajstić information content (AvgIpc) is 2.76. The van der Waals surface area contributed by atoms with E-state index < -0.39 is 0 Å². The molecule has 2 aromatic rings. The molecule has 0 atom stereocenters. The van der Waals surface area contributed by atoms with Gasteiger partial charge in [0.05, 0.1) is 0 Å². The van der Waals surface area contributed by atoms with E-state index in [1.165, 1.54) is 0 Å².